The van der Waals surface area contributed by atoms with Gasteiger partial charge in [-0.1, -0.05) is 30.3 Å². The molecule has 0 bridgehead atoms. The molecule has 1 atom stereocenters. The van der Waals surface area contributed by atoms with Crippen molar-refractivity contribution in [2.24, 2.45) is 0 Å². The van der Waals surface area contributed by atoms with Crippen LogP contribution in [-0.4, -0.2) is 28.2 Å². The van der Waals surface area contributed by atoms with Gasteiger partial charge >= 0.3 is 0 Å². The summed E-state index contributed by atoms with van der Waals surface area (Å²) in [7, 11) is 0. The lowest BCUT2D eigenvalue weighted by atomic mass is 9.91. The zero-order chi connectivity index (χ0) is 19.3. The van der Waals surface area contributed by atoms with Crippen molar-refractivity contribution in [2.45, 2.75) is 12.3 Å². The summed E-state index contributed by atoms with van der Waals surface area (Å²) in [5.41, 5.74) is 2.03. The number of carbonyl (C=O) groups is 2. The van der Waals surface area contributed by atoms with Crippen LogP contribution >= 0.6 is 0 Å². The van der Waals surface area contributed by atoms with Crippen LogP contribution in [0.15, 0.2) is 60.9 Å². The first-order valence-electron chi connectivity index (χ1n) is 8.98. The number of amides is 2. The van der Waals surface area contributed by atoms with E-state index in [-0.39, 0.29) is 24.3 Å². The van der Waals surface area contributed by atoms with E-state index in [2.05, 4.69) is 4.98 Å². The predicted molar refractivity (Wildman–Crippen MR) is 99.0 cm³/mol. The Bertz CT molecular complexity index is 1090. The first kappa shape index (κ1) is 16.6. The molecule has 0 fully saturated rings. The molecule has 0 saturated heterocycles. The van der Waals surface area contributed by atoms with Crippen LogP contribution in [0.1, 0.15) is 37.8 Å². The van der Waals surface area contributed by atoms with Crippen LogP contribution in [0.3, 0.4) is 0 Å². The molecular formula is C22H15FN2O3. The Hall–Kier alpha value is -3.54. The number of nitrogens with zero attached hydrogens (tertiary/aromatic N) is 2. The minimum Gasteiger partial charge on any atom is -0.455 e. The third kappa shape index (κ3) is 2.49. The maximum absolute atomic E-state index is 14.4. The predicted octanol–water partition coefficient (Wildman–Crippen LogP) is 3.95. The first-order valence-corrected chi connectivity index (χ1v) is 8.98. The number of aromatic nitrogens is 1. The summed E-state index contributed by atoms with van der Waals surface area (Å²) in [4.78, 5) is 30.7. The fraction of sp³-hybridized carbons (Fsp3) is 0.136. The number of fused-ring (bicyclic) bond motifs is 3. The monoisotopic (exact) mass is 374 g/mol. The molecule has 3 heterocycles. The number of rotatable bonds is 2. The first-order chi connectivity index (χ1) is 13.6. The van der Waals surface area contributed by atoms with Gasteiger partial charge in [-0.2, -0.15) is 0 Å². The zero-order valence-corrected chi connectivity index (χ0v) is 14.8. The molecule has 138 valence electrons. The number of hydrogen-bond acceptors (Lipinski definition) is 4. The standard InChI is InChI=1S/C22H15FN2O3/c23-18-10-24-11-20-17(18)9-13(14-5-3-4-8-19(14)28-20)12-25-21(26)15-6-1-2-7-16(15)22(25)27/h1-8,10-11,13H,9,12H2. The van der Waals surface area contributed by atoms with Gasteiger partial charge in [-0.05, 0) is 30.2 Å². The summed E-state index contributed by atoms with van der Waals surface area (Å²) in [5.74, 6) is -0.459. The van der Waals surface area contributed by atoms with Crippen molar-refractivity contribution >= 4 is 11.8 Å². The minimum atomic E-state index is -0.460. The van der Waals surface area contributed by atoms with Gasteiger partial charge in [0.05, 0.1) is 23.5 Å². The van der Waals surface area contributed by atoms with Crippen molar-refractivity contribution in [3.8, 4) is 11.5 Å². The maximum Gasteiger partial charge on any atom is 0.261 e. The molecule has 0 spiro atoms. The van der Waals surface area contributed by atoms with Crippen LogP contribution < -0.4 is 4.74 Å². The molecule has 2 aliphatic rings. The van der Waals surface area contributed by atoms with E-state index < -0.39 is 5.82 Å². The SMILES string of the molecule is O=C1c2ccccc2C(=O)N1CC1Cc2c(F)cncc2Oc2ccccc21. The summed E-state index contributed by atoms with van der Waals surface area (Å²) < 4.78 is 20.3. The Labute approximate surface area is 160 Å². The number of ether oxygens (including phenoxy) is 1. The van der Waals surface area contributed by atoms with Crippen LogP contribution in [-0.2, 0) is 6.42 Å². The molecule has 5 nitrogen and oxygen atoms in total. The van der Waals surface area contributed by atoms with Gasteiger partial charge in [0.15, 0.2) is 5.75 Å². The Morgan fingerprint density at radius 1 is 0.964 bits per heavy atom. The van der Waals surface area contributed by atoms with Crippen molar-refractivity contribution in [1.82, 2.24) is 9.88 Å². The van der Waals surface area contributed by atoms with E-state index in [1.807, 2.05) is 18.2 Å². The summed E-state index contributed by atoms with van der Waals surface area (Å²) in [6, 6.07) is 14.2. The molecule has 0 saturated carbocycles. The van der Waals surface area contributed by atoms with E-state index in [0.29, 0.717) is 34.6 Å². The average molecular weight is 374 g/mol. The molecule has 5 rings (SSSR count). The number of para-hydroxylation sites is 1. The molecule has 28 heavy (non-hydrogen) atoms. The second-order valence-electron chi connectivity index (χ2n) is 6.91. The van der Waals surface area contributed by atoms with E-state index in [1.54, 1.807) is 30.3 Å². The topological polar surface area (TPSA) is 59.5 Å². The van der Waals surface area contributed by atoms with E-state index in [4.69, 9.17) is 4.74 Å². The Kier molecular flexibility index (Phi) is 3.72. The van der Waals surface area contributed by atoms with Gasteiger partial charge in [0.2, 0.25) is 0 Å². The Morgan fingerprint density at radius 3 is 2.39 bits per heavy atom. The van der Waals surface area contributed by atoms with Crippen molar-refractivity contribution in [1.29, 1.82) is 0 Å². The molecule has 3 aromatic rings. The summed E-state index contributed by atoms with van der Waals surface area (Å²) in [6.45, 7) is 0.147. The van der Waals surface area contributed by atoms with Gasteiger partial charge in [-0.15, -0.1) is 0 Å². The normalized spacial score (nSPS) is 17.5. The van der Waals surface area contributed by atoms with Gasteiger partial charge in [0.1, 0.15) is 11.6 Å². The van der Waals surface area contributed by atoms with Crippen molar-refractivity contribution in [3.63, 3.8) is 0 Å². The Morgan fingerprint density at radius 2 is 1.64 bits per heavy atom. The highest BCUT2D eigenvalue weighted by molar-refractivity contribution is 6.21. The van der Waals surface area contributed by atoms with Gasteiger partial charge < -0.3 is 4.74 Å². The number of halogens is 1. The molecular weight excluding hydrogens is 359 g/mol. The molecule has 1 unspecified atom stereocenters. The largest absolute Gasteiger partial charge is 0.455 e. The fourth-order valence-electron chi connectivity index (χ4n) is 3.90. The van der Waals surface area contributed by atoms with Crippen LogP contribution in [0.2, 0.25) is 0 Å². The van der Waals surface area contributed by atoms with E-state index in [9.17, 15) is 14.0 Å². The quantitative estimate of drug-likeness (QED) is 0.638. The third-order valence-corrected chi connectivity index (χ3v) is 5.28. The lowest BCUT2D eigenvalue weighted by Gasteiger charge is -2.22. The number of hydrogen-bond donors (Lipinski definition) is 0. The van der Waals surface area contributed by atoms with Crippen LogP contribution in [0, 0.1) is 5.82 Å². The highest BCUT2D eigenvalue weighted by Crippen LogP contribution is 2.40. The van der Waals surface area contributed by atoms with E-state index in [1.165, 1.54) is 11.1 Å². The average Bonchev–Trinajstić information content (AvgIpc) is 2.86. The lowest BCUT2D eigenvalue weighted by Crippen LogP contribution is -2.34. The fourth-order valence-corrected chi connectivity index (χ4v) is 3.90. The third-order valence-electron chi connectivity index (χ3n) is 5.28. The smallest absolute Gasteiger partial charge is 0.261 e. The number of imide groups is 1. The molecule has 2 aromatic carbocycles. The van der Waals surface area contributed by atoms with Crippen molar-refractivity contribution < 1.29 is 18.7 Å². The van der Waals surface area contributed by atoms with Gasteiger partial charge in [0.25, 0.3) is 11.8 Å². The lowest BCUT2D eigenvalue weighted by molar-refractivity contribution is 0.0644. The van der Waals surface area contributed by atoms with E-state index in [0.717, 1.165) is 11.8 Å². The van der Waals surface area contributed by atoms with Gasteiger partial charge in [0, 0.05) is 18.0 Å². The zero-order valence-electron chi connectivity index (χ0n) is 14.8. The second-order valence-corrected chi connectivity index (χ2v) is 6.91. The van der Waals surface area contributed by atoms with Crippen LogP contribution in [0.4, 0.5) is 4.39 Å². The number of pyridine rings is 1. The van der Waals surface area contributed by atoms with Crippen LogP contribution in [0.5, 0.6) is 11.5 Å². The molecule has 0 aliphatic carbocycles. The molecule has 2 aliphatic heterocycles. The summed E-state index contributed by atoms with van der Waals surface area (Å²) in [5, 5.41) is 0. The maximum atomic E-state index is 14.4. The highest BCUT2D eigenvalue weighted by Gasteiger charge is 2.38. The van der Waals surface area contributed by atoms with Crippen molar-refractivity contribution in [2.75, 3.05) is 6.54 Å². The van der Waals surface area contributed by atoms with Crippen LogP contribution in [0.25, 0.3) is 0 Å². The van der Waals surface area contributed by atoms with Gasteiger partial charge in [-0.3, -0.25) is 19.5 Å². The Balaban J connectivity index is 1.55. The highest BCUT2D eigenvalue weighted by atomic mass is 19.1. The number of carbonyl (C=O) groups excluding carboxylic acids is 2. The number of benzene rings is 2. The minimum absolute atomic E-state index is 0.147. The molecule has 6 heteroatoms. The van der Waals surface area contributed by atoms with E-state index >= 15 is 0 Å². The second kappa shape index (κ2) is 6.27. The molecule has 0 radical (unpaired) electrons. The summed E-state index contributed by atoms with van der Waals surface area (Å²) >= 11 is 0. The molecule has 0 N–H and O–H groups in total. The summed E-state index contributed by atoms with van der Waals surface area (Å²) in [6.07, 6.45) is 2.94. The molecule has 2 amide bonds. The molecule has 1 aromatic heterocycles. The van der Waals surface area contributed by atoms with Gasteiger partial charge in [-0.25, -0.2) is 4.39 Å². The van der Waals surface area contributed by atoms with Crippen molar-refractivity contribution in [3.05, 3.63) is 89.0 Å².